The molecule has 1 N–H and O–H groups in total. The molecule has 3 rings (SSSR count). The SMILES string of the molecule is O=C(O)CCC(=O)N1CC2CCCN2c2ccc(F)cc21. The van der Waals surface area contributed by atoms with Gasteiger partial charge in [-0.3, -0.25) is 9.59 Å². The lowest BCUT2D eigenvalue weighted by atomic mass is 10.1. The molecule has 2 aliphatic heterocycles. The van der Waals surface area contributed by atoms with Crippen molar-refractivity contribution in [2.45, 2.75) is 31.7 Å². The lowest BCUT2D eigenvalue weighted by Crippen LogP contribution is -2.48. The normalized spacial score (nSPS) is 20.1. The molecule has 0 bridgehead atoms. The highest BCUT2D eigenvalue weighted by molar-refractivity contribution is 5.99. The van der Waals surface area contributed by atoms with Crippen LogP contribution in [0.3, 0.4) is 0 Å². The molecule has 0 aliphatic carbocycles. The van der Waals surface area contributed by atoms with Gasteiger partial charge >= 0.3 is 5.97 Å². The fraction of sp³-hybridized carbons (Fsp3) is 0.467. The summed E-state index contributed by atoms with van der Waals surface area (Å²) >= 11 is 0. The summed E-state index contributed by atoms with van der Waals surface area (Å²) in [5.41, 5.74) is 1.43. The second kappa shape index (κ2) is 5.35. The lowest BCUT2D eigenvalue weighted by Gasteiger charge is -2.40. The highest BCUT2D eigenvalue weighted by Crippen LogP contribution is 2.40. The molecule has 1 unspecified atom stereocenters. The molecule has 0 spiro atoms. The summed E-state index contributed by atoms with van der Waals surface area (Å²) in [6, 6.07) is 4.72. The largest absolute Gasteiger partial charge is 0.481 e. The highest BCUT2D eigenvalue weighted by Gasteiger charge is 2.36. The molecule has 1 atom stereocenters. The number of amides is 1. The van der Waals surface area contributed by atoms with Gasteiger partial charge < -0.3 is 14.9 Å². The number of fused-ring (bicyclic) bond motifs is 3. The fourth-order valence-corrected chi connectivity index (χ4v) is 3.19. The van der Waals surface area contributed by atoms with Gasteiger partial charge in [0.1, 0.15) is 5.82 Å². The number of carboxylic acid groups (broad SMARTS) is 1. The van der Waals surface area contributed by atoms with E-state index in [1.807, 2.05) is 0 Å². The Bertz CT molecular complexity index is 590. The number of benzene rings is 1. The number of carboxylic acids is 1. The van der Waals surface area contributed by atoms with E-state index >= 15 is 0 Å². The van der Waals surface area contributed by atoms with Gasteiger partial charge in [0.15, 0.2) is 0 Å². The molecule has 1 saturated heterocycles. The second-order valence-corrected chi connectivity index (χ2v) is 5.52. The van der Waals surface area contributed by atoms with Crippen molar-refractivity contribution in [3.63, 3.8) is 0 Å². The maximum absolute atomic E-state index is 13.5. The monoisotopic (exact) mass is 292 g/mol. The summed E-state index contributed by atoms with van der Waals surface area (Å²) in [5.74, 6) is -1.64. The Morgan fingerprint density at radius 1 is 1.29 bits per heavy atom. The molecular weight excluding hydrogens is 275 g/mol. The number of halogens is 1. The summed E-state index contributed by atoms with van der Waals surface area (Å²) in [4.78, 5) is 26.7. The minimum atomic E-state index is -0.998. The summed E-state index contributed by atoms with van der Waals surface area (Å²) < 4.78 is 13.5. The van der Waals surface area contributed by atoms with Crippen LogP contribution in [-0.2, 0) is 9.59 Å². The quantitative estimate of drug-likeness (QED) is 0.925. The zero-order valence-corrected chi connectivity index (χ0v) is 11.6. The van der Waals surface area contributed by atoms with Crippen LogP contribution in [0.25, 0.3) is 0 Å². The second-order valence-electron chi connectivity index (χ2n) is 5.52. The third-order valence-electron chi connectivity index (χ3n) is 4.16. The van der Waals surface area contributed by atoms with Crippen molar-refractivity contribution >= 4 is 23.3 Å². The first-order chi connectivity index (χ1) is 10.1. The van der Waals surface area contributed by atoms with Gasteiger partial charge in [0.25, 0.3) is 0 Å². The molecule has 112 valence electrons. The van der Waals surface area contributed by atoms with Crippen LogP contribution < -0.4 is 9.80 Å². The first kappa shape index (κ1) is 13.9. The van der Waals surface area contributed by atoms with Gasteiger partial charge in [-0.1, -0.05) is 0 Å². The summed E-state index contributed by atoms with van der Waals surface area (Å²) in [7, 11) is 0. The molecule has 0 aromatic heterocycles. The Morgan fingerprint density at radius 2 is 2.10 bits per heavy atom. The number of hydrogen-bond donors (Lipinski definition) is 1. The molecule has 5 nitrogen and oxygen atoms in total. The molecule has 0 radical (unpaired) electrons. The van der Waals surface area contributed by atoms with Crippen molar-refractivity contribution in [1.29, 1.82) is 0 Å². The Balaban J connectivity index is 1.91. The van der Waals surface area contributed by atoms with E-state index in [9.17, 15) is 14.0 Å². The Labute approximate surface area is 122 Å². The van der Waals surface area contributed by atoms with Gasteiger partial charge in [-0.2, -0.15) is 0 Å². The standard InChI is InChI=1S/C15H17FN2O3/c16-10-3-4-12-13(8-10)18(14(19)5-6-15(20)21)9-11-2-1-7-17(11)12/h3-4,8,11H,1-2,5-7,9H2,(H,20,21). The minimum Gasteiger partial charge on any atom is -0.481 e. The smallest absolute Gasteiger partial charge is 0.303 e. The zero-order chi connectivity index (χ0) is 15.0. The molecule has 0 saturated carbocycles. The summed E-state index contributed by atoms with van der Waals surface area (Å²) in [5, 5.41) is 8.71. The summed E-state index contributed by atoms with van der Waals surface area (Å²) in [6.45, 7) is 1.43. The van der Waals surface area contributed by atoms with Gasteiger partial charge in [-0.15, -0.1) is 0 Å². The number of aliphatic carboxylic acids is 1. The number of rotatable bonds is 3. The van der Waals surface area contributed by atoms with Gasteiger partial charge in [0.05, 0.1) is 17.8 Å². The van der Waals surface area contributed by atoms with E-state index in [4.69, 9.17) is 5.11 Å². The van der Waals surface area contributed by atoms with Crippen molar-refractivity contribution in [3.05, 3.63) is 24.0 Å². The molecule has 1 aromatic rings. The topological polar surface area (TPSA) is 60.9 Å². The number of carbonyl (C=O) groups is 2. The molecule has 1 amide bonds. The Kier molecular flexibility index (Phi) is 3.53. The minimum absolute atomic E-state index is 0.0575. The zero-order valence-electron chi connectivity index (χ0n) is 11.6. The van der Waals surface area contributed by atoms with Crippen LogP contribution in [0.15, 0.2) is 18.2 Å². The maximum atomic E-state index is 13.5. The number of hydrogen-bond acceptors (Lipinski definition) is 3. The van der Waals surface area contributed by atoms with Crippen molar-refractivity contribution in [3.8, 4) is 0 Å². The third kappa shape index (κ3) is 2.57. The van der Waals surface area contributed by atoms with Gasteiger partial charge in [-0.25, -0.2) is 4.39 Å². The van der Waals surface area contributed by atoms with Crippen molar-refractivity contribution in [1.82, 2.24) is 0 Å². The predicted molar refractivity (Wildman–Crippen MR) is 76.0 cm³/mol. The maximum Gasteiger partial charge on any atom is 0.303 e. The predicted octanol–water partition coefficient (Wildman–Crippen LogP) is 2.01. The van der Waals surface area contributed by atoms with E-state index in [0.717, 1.165) is 25.1 Å². The molecule has 1 fully saturated rings. The van der Waals surface area contributed by atoms with Crippen molar-refractivity contribution in [2.24, 2.45) is 0 Å². The molecule has 2 heterocycles. The van der Waals surface area contributed by atoms with Crippen LogP contribution in [0.1, 0.15) is 25.7 Å². The molecule has 2 aliphatic rings. The van der Waals surface area contributed by atoms with Gasteiger partial charge in [-0.05, 0) is 31.0 Å². The van der Waals surface area contributed by atoms with Gasteiger partial charge in [0, 0.05) is 25.6 Å². The van der Waals surface area contributed by atoms with Gasteiger partial charge in [0.2, 0.25) is 5.91 Å². The molecular formula is C15H17FN2O3. The number of anilines is 2. The molecule has 21 heavy (non-hydrogen) atoms. The molecule has 6 heteroatoms. The van der Waals surface area contributed by atoms with E-state index in [-0.39, 0.29) is 30.6 Å². The first-order valence-electron chi connectivity index (χ1n) is 7.14. The Hall–Kier alpha value is -2.11. The van der Waals surface area contributed by atoms with Crippen LogP contribution in [0.2, 0.25) is 0 Å². The fourth-order valence-electron chi connectivity index (χ4n) is 3.19. The first-order valence-corrected chi connectivity index (χ1v) is 7.14. The van der Waals surface area contributed by atoms with Crippen LogP contribution in [0.4, 0.5) is 15.8 Å². The third-order valence-corrected chi connectivity index (χ3v) is 4.16. The van der Waals surface area contributed by atoms with E-state index in [0.29, 0.717) is 12.2 Å². The highest BCUT2D eigenvalue weighted by atomic mass is 19.1. The van der Waals surface area contributed by atoms with E-state index in [2.05, 4.69) is 4.90 Å². The average Bonchev–Trinajstić information content (AvgIpc) is 2.91. The van der Waals surface area contributed by atoms with Crippen LogP contribution in [0, 0.1) is 5.82 Å². The van der Waals surface area contributed by atoms with Crippen LogP contribution >= 0.6 is 0 Å². The van der Waals surface area contributed by atoms with Crippen molar-refractivity contribution < 1.29 is 19.1 Å². The lowest BCUT2D eigenvalue weighted by molar-refractivity contribution is -0.138. The average molecular weight is 292 g/mol. The van der Waals surface area contributed by atoms with E-state index < -0.39 is 5.97 Å². The number of carbonyl (C=O) groups excluding carboxylic acids is 1. The number of nitrogens with zero attached hydrogens (tertiary/aromatic N) is 2. The van der Waals surface area contributed by atoms with Crippen LogP contribution in [0.5, 0.6) is 0 Å². The van der Waals surface area contributed by atoms with E-state index in [1.54, 1.807) is 11.0 Å². The Morgan fingerprint density at radius 3 is 2.86 bits per heavy atom. The molecule has 1 aromatic carbocycles. The summed E-state index contributed by atoms with van der Waals surface area (Å²) in [6.07, 6.45) is 1.80. The van der Waals surface area contributed by atoms with E-state index in [1.165, 1.54) is 12.1 Å². The van der Waals surface area contributed by atoms with Crippen molar-refractivity contribution in [2.75, 3.05) is 22.9 Å². The van der Waals surface area contributed by atoms with Crippen LogP contribution in [-0.4, -0.2) is 36.1 Å².